The van der Waals surface area contributed by atoms with Crippen molar-refractivity contribution in [1.29, 1.82) is 5.26 Å². The van der Waals surface area contributed by atoms with Crippen LogP contribution in [0.5, 0.6) is 0 Å². The number of rotatable bonds is 16. The first-order valence-electron chi connectivity index (χ1n) is 15.0. The van der Waals surface area contributed by atoms with Crippen molar-refractivity contribution in [2.45, 2.75) is 71.9 Å². The Morgan fingerprint density at radius 2 is 1.48 bits per heavy atom. The molecule has 248 valence electrons. The molecule has 0 heterocycles. The average molecular weight is 637 g/mol. The monoisotopic (exact) mass is 636 g/mol. The number of nitrogens with zero attached hydrogens (tertiary/aromatic N) is 2. The third-order valence-electron chi connectivity index (χ3n) is 6.57. The lowest BCUT2D eigenvalue weighted by Crippen LogP contribution is -2.46. The van der Waals surface area contributed by atoms with E-state index < -0.39 is 48.4 Å². The van der Waals surface area contributed by atoms with Crippen LogP contribution in [-0.4, -0.2) is 65.2 Å². The van der Waals surface area contributed by atoms with Crippen LogP contribution in [0, 0.1) is 22.8 Å². The van der Waals surface area contributed by atoms with Gasteiger partial charge in [-0.2, -0.15) is 5.26 Å². The minimum atomic E-state index is -1.38. The fourth-order valence-corrected chi connectivity index (χ4v) is 4.43. The molecule has 2 rings (SSSR count). The fraction of sp³-hybridized carbons (Fsp3) is 0.455. The van der Waals surface area contributed by atoms with Gasteiger partial charge in [0.1, 0.15) is 6.04 Å². The highest BCUT2D eigenvalue weighted by molar-refractivity contribution is 6.04. The number of hydrogen-bond acceptors (Lipinski definition) is 7. The number of carboxylic acid groups (broad SMARTS) is 2. The van der Waals surface area contributed by atoms with Crippen molar-refractivity contribution in [3.63, 3.8) is 0 Å². The van der Waals surface area contributed by atoms with Crippen LogP contribution in [-0.2, 0) is 23.9 Å². The molecule has 0 spiro atoms. The van der Waals surface area contributed by atoms with Gasteiger partial charge in [0, 0.05) is 30.8 Å². The summed E-state index contributed by atoms with van der Waals surface area (Å²) in [4.78, 5) is 52.9. The average Bonchev–Trinajstić information content (AvgIpc) is 2.96. The number of amides is 2. The van der Waals surface area contributed by atoms with Gasteiger partial charge < -0.3 is 36.2 Å². The van der Waals surface area contributed by atoms with E-state index in [1.54, 1.807) is 30.5 Å². The molecule has 0 saturated heterocycles. The molecule has 0 radical (unpaired) electrons. The van der Waals surface area contributed by atoms with Gasteiger partial charge in [-0.05, 0) is 47.6 Å². The van der Waals surface area contributed by atoms with E-state index in [2.05, 4.69) is 26.3 Å². The number of nitrogens with one attached hydrogen (secondary N) is 4. The Morgan fingerprint density at radius 3 is 2.00 bits per heavy atom. The standard InChI is InChI=1S/C33H44N6O7/c1-21(2)17-25(22-11-13-24(14-12-22)37-32(35-20-34)36-23-9-7-6-8-10-23)29(41)39-27(31(44)45)19-46-16-15-26(30(42)43)38-28(40)18-33(3,4)5/h6-14,21,25-27H,15-19H2,1-5H3,(H,38,40)(H,39,41)(H,42,43)(H,44,45)(H2,35,36,37). The van der Waals surface area contributed by atoms with Gasteiger partial charge >= 0.3 is 11.9 Å². The molecular formula is C33H44N6O7. The first kappa shape index (κ1) is 37.2. The van der Waals surface area contributed by atoms with Crippen molar-refractivity contribution >= 4 is 41.1 Å². The number of aliphatic imine (C=N–C) groups is 1. The number of aliphatic carboxylic acids is 2. The van der Waals surface area contributed by atoms with Crippen LogP contribution in [0.15, 0.2) is 59.6 Å². The molecule has 0 aliphatic carbocycles. The molecule has 0 aliphatic rings. The van der Waals surface area contributed by atoms with E-state index in [-0.39, 0.29) is 36.7 Å². The van der Waals surface area contributed by atoms with E-state index in [1.807, 2.05) is 65.0 Å². The summed E-state index contributed by atoms with van der Waals surface area (Å²) in [5.74, 6) is -3.79. The van der Waals surface area contributed by atoms with Crippen molar-refractivity contribution in [2.24, 2.45) is 16.3 Å². The predicted molar refractivity (Wildman–Crippen MR) is 174 cm³/mol. The second-order valence-electron chi connectivity index (χ2n) is 12.4. The summed E-state index contributed by atoms with van der Waals surface area (Å²) in [5.41, 5.74) is 1.68. The highest BCUT2D eigenvalue weighted by Gasteiger charge is 2.28. The number of anilines is 2. The van der Waals surface area contributed by atoms with Gasteiger partial charge in [0.05, 0.1) is 12.5 Å². The van der Waals surface area contributed by atoms with Crippen LogP contribution in [0.2, 0.25) is 0 Å². The van der Waals surface area contributed by atoms with E-state index in [9.17, 15) is 29.4 Å². The van der Waals surface area contributed by atoms with Crippen LogP contribution in [0.4, 0.5) is 11.4 Å². The number of carbonyl (C=O) groups excluding carboxylic acids is 2. The Hall–Kier alpha value is -4.96. The van der Waals surface area contributed by atoms with Crippen LogP contribution >= 0.6 is 0 Å². The number of carboxylic acids is 2. The summed E-state index contributed by atoms with van der Waals surface area (Å²) >= 11 is 0. The quantitative estimate of drug-likeness (QED) is 0.0672. The molecule has 0 fully saturated rings. The van der Waals surface area contributed by atoms with Gasteiger partial charge in [-0.3, -0.25) is 9.59 Å². The molecule has 0 aliphatic heterocycles. The maximum atomic E-state index is 13.4. The van der Waals surface area contributed by atoms with E-state index in [0.717, 1.165) is 5.69 Å². The zero-order valence-corrected chi connectivity index (χ0v) is 26.9. The van der Waals surface area contributed by atoms with Crippen LogP contribution in [0.3, 0.4) is 0 Å². The minimum absolute atomic E-state index is 0.0798. The molecule has 0 saturated carbocycles. The summed E-state index contributed by atoms with van der Waals surface area (Å²) in [6, 6.07) is 13.6. The first-order chi connectivity index (χ1) is 21.7. The van der Waals surface area contributed by atoms with E-state index >= 15 is 0 Å². The molecule has 3 atom stereocenters. The Balaban J connectivity index is 2.04. The molecule has 46 heavy (non-hydrogen) atoms. The Morgan fingerprint density at radius 1 is 0.891 bits per heavy atom. The fourth-order valence-electron chi connectivity index (χ4n) is 4.43. The molecule has 13 heteroatoms. The minimum Gasteiger partial charge on any atom is -0.480 e. The van der Waals surface area contributed by atoms with E-state index in [0.29, 0.717) is 17.7 Å². The van der Waals surface area contributed by atoms with Gasteiger partial charge in [-0.15, -0.1) is 4.99 Å². The maximum Gasteiger partial charge on any atom is 0.328 e. The van der Waals surface area contributed by atoms with Crippen molar-refractivity contribution in [3.8, 4) is 6.19 Å². The van der Waals surface area contributed by atoms with Gasteiger partial charge in [0.15, 0.2) is 6.04 Å². The molecule has 3 unspecified atom stereocenters. The van der Waals surface area contributed by atoms with Crippen molar-refractivity contribution < 1.29 is 34.1 Å². The number of para-hydroxylation sites is 1. The summed E-state index contributed by atoms with van der Waals surface area (Å²) in [5, 5.41) is 39.4. The first-order valence-corrected chi connectivity index (χ1v) is 15.0. The van der Waals surface area contributed by atoms with Gasteiger partial charge in [-0.25, -0.2) is 9.59 Å². The molecule has 0 aromatic heterocycles. The second-order valence-corrected chi connectivity index (χ2v) is 12.4. The van der Waals surface area contributed by atoms with Gasteiger partial charge in [0.25, 0.3) is 0 Å². The normalized spacial score (nSPS) is 13.5. The van der Waals surface area contributed by atoms with Crippen LogP contribution < -0.4 is 21.3 Å². The highest BCUT2D eigenvalue weighted by Crippen LogP contribution is 2.26. The molecule has 2 amide bonds. The lowest BCUT2D eigenvalue weighted by Gasteiger charge is -2.23. The van der Waals surface area contributed by atoms with Gasteiger partial charge in [0.2, 0.25) is 24.0 Å². The number of hydrogen-bond donors (Lipinski definition) is 6. The molecule has 2 aromatic carbocycles. The van der Waals surface area contributed by atoms with Crippen LogP contribution in [0.1, 0.15) is 65.4 Å². The smallest absolute Gasteiger partial charge is 0.328 e. The second kappa shape index (κ2) is 18.1. The lowest BCUT2D eigenvalue weighted by atomic mass is 9.89. The summed E-state index contributed by atoms with van der Waals surface area (Å²) < 4.78 is 5.44. The number of carbonyl (C=O) groups is 4. The zero-order chi connectivity index (χ0) is 34.3. The van der Waals surface area contributed by atoms with Gasteiger partial charge in [-0.1, -0.05) is 65.0 Å². The van der Waals surface area contributed by atoms with Crippen molar-refractivity contribution in [1.82, 2.24) is 10.6 Å². The molecule has 0 bridgehead atoms. The third-order valence-corrected chi connectivity index (χ3v) is 6.57. The third kappa shape index (κ3) is 13.8. The van der Waals surface area contributed by atoms with E-state index in [4.69, 9.17) is 10.00 Å². The Bertz CT molecular complexity index is 1380. The zero-order valence-electron chi connectivity index (χ0n) is 26.9. The summed E-state index contributed by atoms with van der Waals surface area (Å²) in [6.45, 7) is 8.94. The topological polar surface area (TPSA) is 202 Å². The molecule has 2 aromatic rings. The SMILES string of the molecule is CC(C)CC(C(=O)NC(COCCC(NC(=O)CC(C)(C)C)C(=O)O)C(=O)O)c1ccc(NC(=NC#N)Nc2ccccc2)cc1. The summed E-state index contributed by atoms with van der Waals surface area (Å²) in [6.07, 6.45) is 2.26. The van der Waals surface area contributed by atoms with Crippen LogP contribution in [0.25, 0.3) is 0 Å². The number of nitriles is 1. The molecule has 6 N–H and O–H groups in total. The molecular weight excluding hydrogens is 592 g/mol. The Kier molecular flexibility index (Phi) is 14.7. The largest absolute Gasteiger partial charge is 0.480 e. The maximum absolute atomic E-state index is 13.4. The molecule has 13 nitrogen and oxygen atoms in total. The summed E-state index contributed by atoms with van der Waals surface area (Å²) in [7, 11) is 0. The number of guanidine groups is 1. The number of ether oxygens (including phenoxy) is 1. The Labute approximate surface area is 269 Å². The lowest BCUT2D eigenvalue weighted by molar-refractivity contribution is -0.145. The van der Waals surface area contributed by atoms with Crippen molar-refractivity contribution in [2.75, 3.05) is 23.8 Å². The van der Waals surface area contributed by atoms with Crippen molar-refractivity contribution in [3.05, 3.63) is 60.2 Å². The van der Waals surface area contributed by atoms with E-state index in [1.165, 1.54) is 0 Å². The number of benzene rings is 2. The predicted octanol–water partition coefficient (Wildman–Crippen LogP) is 4.16. The highest BCUT2D eigenvalue weighted by atomic mass is 16.5.